The number of nitrogens with zero attached hydrogens (tertiary/aromatic N) is 2. The summed E-state index contributed by atoms with van der Waals surface area (Å²) >= 11 is 0. The molecule has 3 nitrogen and oxygen atoms in total. The summed E-state index contributed by atoms with van der Waals surface area (Å²) in [6, 6.07) is 14.6. The molecule has 0 amide bonds. The molecule has 0 saturated heterocycles. The number of hydrogen-bond donors (Lipinski definition) is 1. The van der Waals surface area contributed by atoms with Gasteiger partial charge in [0, 0.05) is 11.8 Å². The van der Waals surface area contributed by atoms with Gasteiger partial charge in [0.25, 0.3) is 0 Å². The molecule has 3 rings (SSSR count). The van der Waals surface area contributed by atoms with E-state index in [2.05, 4.69) is 5.10 Å². The Morgan fingerprint density at radius 3 is 2.48 bits per heavy atom. The van der Waals surface area contributed by atoms with E-state index in [4.69, 9.17) is 0 Å². The number of aromatic nitrogens is 2. The highest BCUT2D eigenvalue weighted by Crippen LogP contribution is 2.24. The molecule has 1 heterocycles. The maximum atomic E-state index is 13.7. The molecule has 1 N–H and O–H groups in total. The summed E-state index contributed by atoms with van der Waals surface area (Å²) in [5.74, 6) is -2.05. The van der Waals surface area contributed by atoms with Crippen LogP contribution in [0.2, 0.25) is 0 Å². The van der Waals surface area contributed by atoms with E-state index >= 15 is 0 Å². The highest BCUT2D eigenvalue weighted by molar-refractivity contribution is 5.32. The van der Waals surface area contributed by atoms with Gasteiger partial charge in [0.2, 0.25) is 0 Å². The first kappa shape index (κ1) is 13.5. The van der Waals surface area contributed by atoms with Crippen molar-refractivity contribution in [3.63, 3.8) is 0 Å². The van der Waals surface area contributed by atoms with E-state index in [1.807, 2.05) is 30.3 Å². The lowest BCUT2D eigenvalue weighted by Crippen LogP contribution is -2.06. The summed E-state index contributed by atoms with van der Waals surface area (Å²) in [7, 11) is 0. The van der Waals surface area contributed by atoms with Gasteiger partial charge in [-0.3, -0.25) is 0 Å². The van der Waals surface area contributed by atoms with E-state index in [-0.39, 0.29) is 11.3 Å². The summed E-state index contributed by atoms with van der Waals surface area (Å²) in [5, 5.41) is 14.4. The van der Waals surface area contributed by atoms with Crippen molar-refractivity contribution in [1.29, 1.82) is 0 Å². The van der Waals surface area contributed by atoms with Crippen LogP contribution < -0.4 is 0 Å². The highest BCUT2D eigenvalue weighted by Gasteiger charge is 2.19. The van der Waals surface area contributed by atoms with Crippen molar-refractivity contribution in [2.24, 2.45) is 0 Å². The Hall–Kier alpha value is -2.53. The van der Waals surface area contributed by atoms with Crippen molar-refractivity contribution in [3.05, 3.63) is 83.7 Å². The molecule has 1 unspecified atom stereocenters. The first-order valence-corrected chi connectivity index (χ1v) is 6.40. The zero-order valence-corrected chi connectivity index (χ0v) is 10.9. The van der Waals surface area contributed by atoms with Gasteiger partial charge in [-0.25, -0.2) is 13.5 Å². The molecule has 1 atom stereocenters. The smallest absolute Gasteiger partial charge is 0.165 e. The third kappa shape index (κ3) is 2.55. The monoisotopic (exact) mass is 286 g/mol. The lowest BCUT2D eigenvalue weighted by atomic mass is 10.1. The summed E-state index contributed by atoms with van der Waals surface area (Å²) in [5.41, 5.74) is 0.937. The van der Waals surface area contributed by atoms with Gasteiger partial charge < -0.3 is 5.11 Å². The van der Waals surface area contributed by atoms with Gasteiger partial charge in [-0.1, -0.05) is 30.3 Å². The van der Waals surface area contributed by atoms with Crippen molar-refractivity contribution in [2.75, 3.05) is 0 Å². The minimum atomic E-state index is -1.31. The van der Waals surface area contributed by atoms with E-state index in [9.17, 15) is 13.9 Å². The zero-order chi connectivity index (χ0) is 14.8. The number of aliphatic hydroxyl groups is 1. The molecule has 0 bridgehead atoms. The van der Waals surface area contributed by atoms with Gasteiger partial charge in [-0.15, -0.1) is 0 Å². The third-order valence-corrected chi connectivity index (χ3v) is 3.19. The maximum absolute atomic E-state index is 13.7. The minimum Gasteiger partial charge on any atom is -0.382 e. The fourth-order valence-electron chi connectivity index (χ4n) is 2.10. The number of aliphatic hydroxyl groups excluding tert-OH is 1. The van der Waals surface area contributed by atoms with Crippen LogP contribution in [0.3, 0.4) is 0 Å². The summed E-state index contributed by atoms with van der Waals surface area (Å²) in [6.45, 7) is 0. The highest BCUT2D eigenvalue weighted by atomic mass is 19.2. The predicted molar refractivity (Wildman–Crippen MR) is 74.0 cm³/mol. The molecule has 0 aliphatic rings. The van der Waals surface area contributed by atoms with Gasteiger partial charge in [-0.05, 0) is 24.3 Å². The first-order chi connectivity index (χ1) is 10.2. The first-order valence-electron chi connectivity index (χ1n) is 6.40. The van der Waals surface area contributed by atoms with E-state index in [0.717, 1.165) is 11.8 Å². The molecular weight excluding hydrogens is 274 g/mol. The van der Waals surface area contributed by atoms with Gasteiger partial charge in [-0.2, -0.15) is 5.10 Å². The second kappa shape index (κ2) is 5.46. The maximum Gasteiger partial charge on any atom is 0.165 e. The number of benzene rings is 2. The lowest BCUT2D eigenvalue weighted by Gasteiger charge is -2.09. The van der Waals surface area contributed by atoms with Crippen LogP contribution in [0.25, 0.3) is 5.69 Å². The van der Waals surface area contributed by atoms with Crippen LogP contribution in [-0.4, -0.2) is 14.9 Å². The normalized spacial score (nSPS) is 12.3. The molecule has 1 aromatic heterocycles. The van der Waals surface area contributed by atoms with Crippen LogP contribution in [0.5, 0.6) is 0 Å². The quantitative estimate of drug-likeness (QED) is 0.802. The second-order valence-electron chi connectivity index (χ2n) is 4.57. The molecule has 0 saturated carbocycles. The van der Waals surface area contributed by atoms with Crippen LogP contribution in [0, 0.1) is 11.6 Å². The van der Waals surface area contributed by atoms with E-state index in [1.54, 1.807) is 16.9 Å². The number of halogens is 2. The summed E-state index contributed by atoms with van der Waals surface area (Å²) < 4.78 is 28.5. The van der Waals surface area contributed by atoms with Crippen LogP contribution >= 0.6 is 0 Å². The SMILES string of the molecule is OC(c1ccn(-c2ccccc2)n1)c1cccc(F)c1F. The molecule has 2 aromatic carbocycles. The van der Waals surface area contributed by atoms with Crippen molar-refractivity contribution in [1.82, 2.24) is 9.78 Å². The van der Waals surface area contributed by atoms with Crippen molar-refractivity contribution >= 4 is 0 Å². The van der Waals surface area contributed by atoms with Crippen molar-refractivity contribution in [2.45, 2.75) is 6.10 Å². The molecule has 0 spiro atoms. The average molecular weight is 286 g/mol. The van der Waals surface area contributed by atoms with Gasteiger partial charge in [0.1, 0.15) is 6.10 Å². The zero-order valence-electron chi connectivity index (χ0n) is 10.9. The average Bonchev–Trinajstić information content (AvgIpc) is 3.00. The van der Waals surface area contributed by atoms with Crippen LogP contribution in [0.15, 0.2) is 60.8 Å². The van der Waals surface area contributed by atoms with Crippen LogP contribution in [-0.2, 0) is 0 Å². The van der Waals surface area contributed by atoms with Gasteiger partial charge in [0.15, 0.2) is 11.6 Å². The molecular formula is C16H12F2N2O. The standard InChI is InChI=1S/C16H12F2N2O/c17-13-8-4-7-12(15(13)18)16(21)14-9-10-20(19-14)11-5-2-1-3-6-11/h1-10,16,21H. The molecule has 0 radical (unpaired) electrons. The Bertz CT molecular complexity index is 756. The van der Waals surface area contributed by atoms with Gasteiger partial charge >= 0.3 is 0 Å². The Morgan fingerprint density at radius 1 is 0.952 bits per heavy atom. The molecule has 0 aliphatic heterocycles. The number of rotatable bonds is 3. The van der Waals surface area contributed by atoms with Crippen molar-refractivity contribution in [3.8, 4) is 5.69 Å². The molecule has 0 fully saturated rings. The predicted octanol–water partition coefficient (Wildman–Crippen LogP) is 3.23. The fourth-order valence-corrected chi connectivity index (χ4v) is 2.10. The molecule has 3 aromatic rings. The van der Waals surface area contributed by atoms with Crippen LogP contribution in [0.4, 0.5) is 8.78 Å². The molecule has 106 valence electrons. The second-order valence-corrected chi connectivity index (χ2v) is 4.57. The van der Waals surface area contributed by atoms with E-state index in [0.29, 0.717) is 0 Å². The summed E-state index contributed by atoms with van der Waals surface area (Å²) in [6.07, 6.45) is 0.344. The van der Waals surface area contributed by atoms with E-state index in [1.165, 1.54) is 12.1 Å². The molecule has 0 aliphatic carbocycles. The Labute approximate surface area is 120 Å². The molecule has 21 heavy (non-hydrogen) atoms. The largest absolute Gasteiger partial charge is 0.382 e. The lowest BCUT2D eigenvalue weighted by molar-refractivity contribution is 0.208. The van der Waals surface area contributed by atoms with Crippen LogP contribution in [0.1, 0.15) is 17.4 Å². The van der Waals surface area contributed by atoms with Gasteiger partial charge in [0.05, 0.1) is 11.4 Å². The summed E-state index contributed by atoms with van der Waals surface area (Å²) in [4.78, 5) is 0. The van der Waals surface area contributed by atoms with E-state index < -0.39 is 17.7 Å². The Kier molecular flexibility index (Phi) is 3.50. The van der Waals surface area contributed by atoms with Crippen molar-refractivity contribution < 1.29 is 13.9 Å². The fraction of sp³-hybridized carbons (Fsp3) is 0.0625. The topological polar surface area (TPSA) is 38.0 Å². The minimum absolute atomic E-state index is 0.131. The number of hydrogen-bond acceptors (Lipinski definition) is 2. The Balaban J connectivity index is 1.95. The molecule has 5 heteroatoms. The number of para-hydroxylation sites is 1. The third-order valence-electron chi connectivity index (χ3n) is 3.19. The Morgan fingerprint density at radius 2 is 1.71 bits per heavy atom.